The third-order valence-corrected chi connectivity index (χ3v) is 3.00. The summed E-state index contributed by atoms with van der Waals surface area (Å²) in [5.41, 5.74) is 2.71. The third kappa shape index (κ3) is 3.03. The molecule has 0 fully saturated rings. The molecule has 0 aliphatic heterocycles. The van der Waals surface area contributed by atoms with Gasteiger partial charge in [-0.1, -0.05) is 18.2 Å². The Morgan fingerprint density at radius 2 is 1.60 bits per heavy atom. The zero-order chi connectivity index (χ0) is 14.5. The van der Waals surface area contributed by atoms with Gasteiger partial charge in [0.25, 0.3) is 11.8 Å². The van der Waals surface area contributed by atoms with E-state index in [4.69, 9.17) is 0 Å². The lowest BCUT2D eigenvalue weighted by atomic mass is 10.1. The van der Waals surface area contributed by atoms with Crippen LogP contribution in [0.2, 0.25) is 0 Å². The van der Waals surface area contributed by atoms with Crippen molar-refractivity contribution in [2.24, 2.45) is 0 Å². The molecule has 0 unspecified atom stereocenters. The molecule has 2 aromatic rings. The van der Waals surface area contributed by atoms with E-state index >= 15 is 0 Å². The molecule has 0 aliphatic carbocycles. The maximum atomic E-state index is 12.1. The average Bonchev–Trinajstić information content (AvgIpc) is 2.49. The second-order valence-corrected chi connectivity index (χ2v) is 4.43. The van der Waals surface area contributed by atoms with Crippen molar-refractivity contribution in [1.29, 1.82) is 0 Å². The van der Waals surface area contributed by atoms with Crippen LogP contribution in [0.4, 0.5) is 5.69 Å². The van der Waals surface area contributed by atoms with E-state index in [1.807, 2.05) is 25.1 Å². The Morgan fingerprint density at radius 1 is 0.900 bits per heavy atom. The predicted octanol–water partition coefficient (Wildman–Crippen LogP) is 2.61. The van der Waals surface area contributed by atoms with Gasteiger partial charge in [-0.2, -0.15) is 0 Å². The van der Waals surface area contributed by atoms with Crippen molar-refractivity contribution in [3.8, 4) is 0 Å². The van der Waals surface area contributed by atoms with Crippen LogP contribution in [0.15, 0.2) is 48.5 Å². The smallest absolute Gasteiger partial charge is 0.255 e. The number of hydrogen-bond donors (Lipinski definition) is 2. The van der Waals surface area contributed by atoms with Crippen molar-refractivity contribution in [2.45, 2.75) is 6.92 Å². The predicted molar refractivity (Wildman–Crippen MR) is 79.0 cm³/mol. The van der Waals surface area contributed by atoms with Crippen molar-refractivity contribution in [3.05, 3.63) is 65.2 Å². The molecule has 2 N–H and O–H groups in total. The summed E-state index contributed by atoms with van der Waals surface area (Å²) in [6.45, 7) is 1.85. The lowest BCUT2D eigenvalue weighted by molar-refractivity contribution is 0.0962. The van der Waals surface area contributed by atoms with Crippen LogP contribution in [-0.4, -0.2) is 18.9 Å². The fourth-order valence-corrected chi connectivity index (χ4v) is 1.87. The van der Waals surface area contributed by atoms with Gasteiger partial charge in [-0.05, 0) is 42.8 Å². The van der Waals surface area contributed by atoms with Crippen LogP contribution in [-0.2, 0) is 0 Å². The van der Waals surface area contributed by atoms with Crippen molar-refractivity contribution in [1.82, 2.24) is 5.32 Å². The van der Waals surface area contributed by atoms with Crippen molar-refractivity contribution in [2.75, 3.05) is 12.4 Å². The minimum atomic E-state index is -0.165. The van der Waals surface area contributed by atoms with Crippen molar-refractivity contribution in [3.63, 3.8) is 0 Å². The summed E-state index contributed by atoms with van der Waals surface area (Å²) >= 11 is 0. The van der Waals surface area contributed by atoms with E-state index in [1.54, 1.807) is 37.4 Å². The molecule has 2 aromatic carbocycles. The fourth-order valence-electron chi connectivity index (χ4n) is 1.87. The largest absolute Gasteiger partial charge is 0.355 e. The first-order chi connectivity index (χ1) is 9.61. The van der Waals surface area contributed by atoms with E-state index in [0.717, 1.165) is 5.56 Å². The van der Waals surface area contributed by atoms with E-state index < -0.39 is 0 Å². The van der Waals surface area contributed by atoms with Crippen LogP contribution in [0, 0.1) is 6.92 Å². The maximum Gasteiger partial charge on any atom is 0.255 e. The number of aryl methyl sites for hydroxylation is 1. The molecule has 4 heteroatoms. The first-order valence-corrected chi connectivity index (χ1v) is 6.31. The second-order valence-electron chi connectivity index (χ2n) is 4.43. The fraction of sp³-hybridized carbons (Fsp3) is 0.125. The Labute approximate surface area is 117 Å². The van der Waals surface area contributed by atoms with Crippen LogP contribution in [0.3, 0.4) is 0 Å². The highest BCUT2D eigenvalue weighted by molar-refractivity contribution is 6.05. The SMILES string of the molecule is CNC(=O)c1ccc(NC(=O)c2ccccc2)c(C)c1. The van der Waals surface area contributed by atoms with Gasteiger partial charge in [0.05, 0.1) is 0 Å². The number of nitrogens with one attached hydrogen (secondary N) is 2. The highest BCUT2D eigenvalue weighted by Crippen LogP contribution is 2.17. The van der Waals surface area contributed by atoms with Crippen molar-refractivity contribution < 1.29 is 9.59 Å². The average molecular weight is 268 g/mol. The summed E-state index contributed by atoms with van der Waals surface area (Å²) in [6.07, 6.45) is 0. The monoisotopic (exact) mass is 268 g/mol. The molecule has 20 heavy (non-hydrogen) atoms. The van der Waals surface area contributed by atoms with Gasteiger partial charge in [-0.15, -0.1) is 0 Å². The molecule has 0 heterocycles. The molecule has 0 aliphatic rings. The summed E-state index contributed by atoms with van der Waals surface area (Å²) in [5, 5.41) is 5.41. The standard InChI is InChI=1S/C16H16N2O2/c1-11-10-13(15(19)17-2)8-9-14(11)18-16(20)12-6-4-3-5-7-12/h3-10H,1-2H3,(H,17,19)(H,18,20). The summed E-state index contributed by atoms with van der Waals surface area (Å²) in [6, 6.07) is 14.2. The van der Waals surface area contributed by atoms with Gasteiger partial charge in [0, 0.05) is 23.9 Å². The molecule has 102 valence electrons. The molecule has 0 atom stereocenters. The normalized spacial score (nSPS) is 9.90. The summed E-state index contributed by atoms with van der Waals surface area (Å²) in [7, 11) is 1.59. The molecule has 0 spiro atoms. The zero-order valence-electron chi connectivity index (χ0n) is 11.4. The molecule has 0 saturated heterocycles. The molecule has 0 bridgehead atoms. The molecule has 4 nitrogen and oxygen atoms in total. The topological polar surface area (TPSA) is 58.2 Å². The van der Waals surface area contributed by atoms with Gasteiger partial charge in [0.1, 0.15) is 0 Å². The van der Waals surface area contributed by atoms with Gasteiger partial charge < -0.3 is 10.6 Å². The number of anilines is 1. The Kier molecular flexibility index (Phi) is 4.15. The van der Waals surface area contributed by atoms with Crippen LogP contribution in [0.1, 0.15) is 26.3 Å². The lowest BCUT2D eigenvalue weighted by Gasteiger charge is -2.10. The zero-order valence-corrected chi connectivity index (χ0v) is 11.4. The lowest BCUT2D eigenvalue weighted by Crippen LogP contribution is -2.18. The van der Waals surface area contributed by atoms with Crippen LogP contribution in [0.5, 0.6) is 0 Å². The molecule has 0 saturated carbocycles. The molecule has 0 aromatic heterocycles. The van der Waals surface area contributed by atoms with Gasteiger partial charge in [-0.25, -0.2) is 0 Å². The number of hydrogen-bond acceptors (Lipinski definition) is 2. The molecular weight excluding hydrogens is 252 g/mol. The molecule has 2 amide bonds. The molecular formula is C16H16N2O2. The van der Waals surface area contributed by atoms with Gasteiger partial charge in [0.2, 0.25) is 0 Å². The maximum absolute atomic E-state index is 12.1. The van der Waals surface area contributed by atoms with Crippen LogP contribution >= 0.6 is 0 Å². The number of benzene rings is 2. The number of carbonyl (C=O) groups is 2. The van der Waals surface area contributed by atoms with Crippen molar-refractivity contribution >= 4 is 17.5 Å². The first-order valence-electron chi connectivity index (χ1n) is 6.31. The van der Waals surface area contributed by atoms with Crippen LogP contribution in [0.25, 0.3) is 0 Å². The van der Waals surface area contributed by atoms with E-state index in [0.29, 0.717) is 16.8 Å². The minimum Gasteiger partial charge on any atom is -0.355 e. The summed E-state index contributed by atoms with van der Waals surface area (Å²) in [4.78, 5) is 23.6. The minimum absolute atomic E-state index is 0.144. The number of rotatable bonds is 3. The summed E-state index contributed by atoms with van der Waals surface area (Å²) in [5.74, 6) is -0.310. The van der Waals surface area contributed by atoms with E-state index in [1.165, 1.54) is 0 Å². The number of amides is 2. The molecule has 2 rings (SSSR count). The number of carbonyl (C=O) groups excluding carboxylic acids is 2. The molecule has 0 radical (unpaired) electrons. The van der Waals surface area contributed by atoms with Gasteiger partial charge >= 0.3 is 0 Å². The Morgan fingerprint density at radius 3 is 2.20 bits per heavy atom. The van der Waals surface area contributed by atoms with E-state index in [2.05, 4.69) is 10.6 Å². The van der Waals surface area contributed by atoms with Gasteiger partial charge in [-0.3, -0.25) is 9.59 Å². The Hall–Kier alpha value is -2.62. The van der Waals surface area contributed by atoms with Crippen LogP contribution < -0.4 is 10.6 Å². The Bertz CT molecular complexity index is 636. The van der Waals surface area contributed by atoms with Gasteiger partial charge in [0.15, 0.2) is 0 Å². The highest BCUT2D eigenvalue weighted by atomic mass is 16.2. The van der Waals surface area contributed by atoms with E-state index in [-0.39, 0.29) is 11.8 Å². The highest BCUT2D eigenvalue weighted by Gasteiger charge is 2.09. The third-order valence-electron chi connectivity index (χ3n) is 3.00. The van der Waals surface area contributed by atoms with E-state index in [9.17, 15) is 9.59 Å². The summed E-state index contributed by atoms with van der Waals surface area (Å²) < 4.78 is 0. The Balaban J connectivity index is 2.18. The quantitative estimate of drug-likeness (QED) is 0.899. The second kappa shape index (κ2) is 6.02. The first kappa shape index (κ1) is 13.8.